The lowest BCUT2D eigenvalue weighted by atomic mass is 10.2. The van der Waals surface area contributed by atoms with Crippen LogP contribution in [0.15, 0.2) is 48.5 Å². The van der Waals surface area contributed by atoms with Gasteiger partial charge in [-0.05, 0) is 24.3 Å². The quantitative estimate of drug-likeness (QED) is 0.574. The fourth-order valence-electron chi connectivity index (χ4n) is 2.27. The zero-order valence-corrected chi connectivity index (χ0v) is 15.1. The first-order chi connectivity index (χ1) is 12.9. The van der Waals surface area contributed by atoms with Crippen LogP contribution < -0.4 is 9.62 Å². The number of benzene rings is 2. The number of carbonyl (C=O) groups excluding carboxylic acids is 1. The molecule has 0 aliphatic carbocycles. The molecule has 2 aromatic carbocycles. The van der Waals surface area contributed by atoms with Crippen LogP contribution in [0.3, 0.4) is 0 Å². The summed E-state index contributed by atoms with van der Waals surface area (Å²) in [5.74, 6) is -0.920. The Hall–Kier alpha value is -3.15. The van der Waals surface area contributed by atoms with Crippen molar-refractivity contribution in [3.8, 4) is 0 Å². The van der Waals surface area contributed by atoms with E-state index in [1.165, 1.54) is 18.2 Å². The van der Waals surface area contributed by atoms with Gasteiger partial charge in [0, 0.05) is 17.8 Å². The van der Waals surface area contributed by atoms with Crippen LogP contribution >= 0.6 is 0 Å². The molecule has 0 saturated heterocycles. The molecule has 0 unspecified atom stereocenters. The number of rotatable bonds is 6. The van der Waals surface area contributed by atoms with Gasteiger partial charge in [0.05, 0.1) is 22.4 Å². The smallest absolute Gasteiger partial charge is 0.325 e. The molecule has 2 rings (SSSR count). The number of anilines is 2. The standard InChI is InChI=1S/C16H14F3N3O5S/c1-28(26,27)21(13-6-3-7-14(9-13)22(24)25)10-15(23)20-12-5-2-4-11(8-12)16(17,18)19/h2-9H,10H2,1H3,(H,20,23). The normalized spacial score (nSPS) is 11.7. The molecule has 2 aromatic rings. The van der Waals surface area contributed by atoms with E-state index < -0.39 is 39.1 Å². The van der Waals surface area contributed by atoms with E-state index in [2.05, 4.69) is 5.32 Å². The van der Waals surface area contributed by atoms with Crippen molar-refractivity contribution in [2.75, 3.05) is 22.4 Å². The molecule has 28 heavy (non-hydrogen) atoms. The van der Waals surface area contributed by atoms with Crippen molar-refractivity contribution >= 4 is 33.0 Å². The van der Waals surface area contributed by atoms with Gasteiger partial charge >= 0.3 is 6.18 Å². The molecular formula is C16H14F3N3O5S. The molecule has 12 heteroatoms. The maximum Gasteiger partial charge on any atom is 0.416 e. The highest BCUT2D eigenvalue weighted by Gasteiger charge is 2.30. The first-order valence-electron chi connectivity index (χ1n) is 7.57. The summed E-state index contributed by atoms with van der Waals surface area (Å²) in [5.41, 5.74) is -1.67. The SMILES string of the molecule is CS(=O)(=O)N(CC(=O)Nc1cccc(C(F)(F)F)c1)c1cccc([N+](=O)[O-])c1. The predicted molar refractivity (Wildman–Crippen MR) is 95.4 cm³/mol. The molecule has 0 aromatic heterocycles. The Bertz CT molecular complexity index is 1010. The Kier molecular flexibility index (Phi) is 5.92. The molecule has 0 bridgehead atoms. The van der Waals surface area contributed by atoms with Gasteiger partial charge in [-0.3, -0.25) is 19.2 Å². The summed E-state index contributed by atoms with van der Waals surface area (Å²) in [7, 11) is -4.01. The topological polar surface area (TPSA) is 110 Å². The molecule has 8 nitrogen and oxygen atoms in total. The molecule has 0 fully saturated rings. The number of nitro benzene ring substituents is 1. The largest absolute Gasteiger partial charge is 0.416 e. The number of carbonyl (C=O) groups is 1. The maximum atomic E-state index is 12.7. The van der Waals surface area contributed by atoms with Gasteiger partial charge in [-0.25, -0.2) is 8.42 Å². The minimum absolute atomic E-state index is 0.129. The van der Waals surface area contributed by atoms with Crippen LogP contribution in [0.4, 0.5) is 30.2 Å². The number of sulfonamides is 1. The fraction of sp³-hybridized carbons (Fsp3) is 0.188. The minimum atomic E-state index is -4.61. The molecule has 0 radical (unpaired) electrons. The number of hydrogen-bond donors (Lipinski definition) is 1. The minimum Gasteiger partial charge on any atom is -0.325 e. The first-order valence-corrected chi connectivity index (χ1v) is 9.42. The highest BCUT2D eigenvalue weighted by molar-refractivity contribution is 7.92. The zero-order valence-electron chi connectivity index (χ0n) is 14.3. The van der Waals surface area contributed by atoms with Crippen LogP contribution in [-0.2, 0) is 21.0 Å². The van der Waals surface area contributed by atoms with Gasteiger partial charge in [0.15, 0.2) is 0 Å². The van der Waals surface area contributed by atoms with Crippen molar-refractivity contribution in [3.05, 3.63) is 64.2 Å². The summed E-state index contributed by atoms with van der Waals surface area (Å²) >= 11 is 0. The Labute approximate surface area is 157 Å². The van der Waals surface area contributed by atoms with Gasteiger partial charge < -0.3 is 5.32 Å². The van der Waals surface area contributed by atoms with Crippen molar-refractivity contribution < 1.29 is 31.3 Å². The summed E-state index contributed by atoms with van der Waals surface area (Å²) in [6, 6.07) is 8.45. The first kappa shape index (κ1) is 21.2. The Morgan fingerprint density at radius 3 is 2.39 bits per heavy atom. The maximum absolute atomic E-state index is 12.7. The number of nitro groups is 1. The number of nitrogens with zero attached hydrogens (tertiary/aromatic N) is 2. The van der Waals surface area contributed by atoms with Gasteiger partial charge in [0.1, 0.15) is 6.54 Å². The molecular weight excluding hydrogens is 403 g/mol. The van der Waals surface area contributed by atoms with Crippen molar-refractivity contribution in [3.63, 3.8) is 0 Å². The van der Waals surface area contributed by atoms with E-state index >= 15 is 0 Å². The molecule has 0 spiro atoms. The second kappa shape index (κ2) is 7.84. The molecule has 0 aliphatic rings. The Balaban J connectivity index is 2.26. The summed E-state index contributed by atoms with van der Waals surface area (Å²) in [6.07, 6.45) is -3.81. The summed E-state index contributed by atoms with van der Waals surface area (Å²) in [4.78, 5) is 22.3. The molecule has 0 heterocycles. The molecule has 1 N–H and O–H groups in total. The Morgan fingerprint density at radius 1 is 1.18 bits per heavy atom. The monoisotopic (exact) mass is 417 g/mol. The van der Waals surface area contributed by atoms with Crippen molar-refractivity contribution in [2.24, 2.45) is 0 Å². The van der Waals surface area contributed by atoms with Crippen molar-refractivity contribution in [1.29, 1.82) is 0 Å². The van der Waals surface area contributed by atoms with Crippen LogP contribution in [0.5, 0.6) is 0 Å². The van der Waals surface area contributed by atoms with Gasteiger partial charge in [0.25, 0.3) is 5.69 Å². The van der Waals surface area contributed by atoms with Crippen molar-refractivity contribution in [1.82, 2.24) is 0 Å². The van der Waals surface area contributed by atoms with Crippen LogP contribution in [0, 0.1) is 10.1 Å². The fourth-order valence-corrected chi connectivity index (χ4v) is 3.11. The third-order valence-electron chi connectivity index (χ3n) is 3.49. The molecule has 0 saturated carbocycles. The zero-order chi connectivity index (χ0) is 21.1. The molecule has 0 aliphatic heterocycles. The van der Waals surface area contributed by atoms with E-state index in [-0.39, 0.29) is 17.1 Å². The lowest BCUT2D eigenvalue weighted by molar-refractivity contribution is -0.384. The number of halogens is 3. The van der Waals surface area contributed by atoms with Crippen molar-refractivity contribution in [2.45, 2.75) is 6.18 Å². The third-order valence-corrected chi connectivity index (χ3v) is 4.63. The van der Waals surface area contributed by atoms with Crippen LogP contribution in [0.25, 0.3) is 0 Å². The predicted octanol–water partition coefficient (Wildman–Crippen LogP) is 3.02. The second-order valence-electron chi connectivity index (χ2n) is 5.67. The van der Waals surface area contributed by atoms with E-state index in [4.69, 9.17) is 0 Å². The molecule has 150 valence electrons. The Morgan fingerprint density at radius 2 is 1.82 bits per heavy atom. The third kappa shape index (κ3) is 5.42. The highest BCUT2D eigenvalue weighted by Crippen LogP contribution is 2.30. The number of hydrogen-bond acceptors (Lipinski definition) is 5. The average Bonchev–Trinajstić information content (AvgIpc) is 2.58. The van der Waals surface area contributed by atoms with E-state index in [1.807, 2.05) is 0 Å². The lowest BCUT2D eigenvalue weighted by Gasteiger charge is -2.21. The summed E-state index contributed by atoms with van der Waals surface area (Å²) in [5, 5.41) is 13.1. The van der Waals surface area contributed by atoms with E-state index in [9.17, 15) is 36.5 Å². The van der Waals surface area contributed by atoms with Crippen LogP contribution in [0.2, 0.25) is 0 Å². The van der Waals surface area contributed by atoms with Crippen LogP contribution in [-0.4, -0.2) is 32.0 Å². The molecule has 1 amide bonds. The summed E-state index contributed by atoms with van der Waals surface area (Å²) < 4.78 is 62.9. The van der Waals surface area contributed by atoms with E-state index in [1.54, 1.807) is 0 Å². The number of alkyl halides is 3. The lowest BCUT2D eigenvalue weighted by Crippen LogP contribution is -2.37. The van der Waals surface area contributed by atoms with Gasteiger partial charge in [-0.1, -0.05) is 12.1 Å². The second-order valence-corrected chi connectivity index (χ2v) is 7.58. The van der Waals surface area contributed by atoms with Gasteiger partial charge in [-0.2, -0.15) is 13.2 Å². The summed E-state index contributed by atoms with van der Waals surface area (Å²) in [6.45, 7) is -0.782. The van der Waals surface area contributed by atoms with Gasteiger partial charge in [-0.15, -0.1) is 0 Å². The van der Waals surface area contributed by atoms with Gasteiger partial charge in [0.2, 0.25) is 15.9 Å². The average molecular weight is 417 g/mol. The number of amides is 1. The number of nitrogens with one attached hydrogen (secondary N) is 1. The van der Waals surface area contributed by atoms with E-state index in [0.29, 0.717) is 10.4 Å². The number of non-ortho nitro benzene ring substituents is 1. The highest BCUT2D eigenvalue weighted by atomic mass is 32.2. The van der Waals surface area contributed by atoms with E-state index in [0.717, 1.165) is 30.5 Å². The molecule has 0 atom stereocenters. The van der Waals surface area contributed by atoms with Crippen LogP contribution in [0.1, 0.15) is 5.56 Å².